The van der Waals surface area contributed by atoms with E-state index < -0.39 is 0 Å². The fourth-order valence-corrected chi connectivity index (χ4v) is 1.90. The molecule has 0 radical (unpaired) electrons. The van der Waals surface area contributed by atoms with Crippen LogP contribution in [0.15, 0.2) is 30.3 Å². The highest BCUT2D eigenvalue weighted by Gasteiger charge is 2.12. The van der Waals surface area contributed by atoms with E-state index in [4.69, 9.17) is 5.73 Å². The zero-order chi connectivity index (χ0) is 12.7. The summed E-state index contributed by atoms with van der Waals surface area (Å²) in [6.07, 6.45) is 2.26. The van der Waals surface area contributed by atoms with Gasteiger partial charge in [0.05, 0.1) is 0 Å². The van der Waals surface area contributed by atoms with Crippen molar-refractivity contribution in [3.8, 4) is 0 Å². The molecule has 0 unspecified atom stereocenters. The molecule has 1 aromatic carbocycles. The molecule has 0 amide bonds. The highest BCUT2D eigenvalue weighted by atomic mass is 15.1. The van der Waals surface area contributed by atoms with Crippen molar-refractivity contribution >= 4 is 0 Å². The van der Waals surface area contributed by atoms with Gasteiger partial charge in [0, 0.05) is 19.1 Å². The van der Waals surface area contributed by atoms with Crippen molar-refractivity contribution in [2.75, 3.05) is 20.1 Å². The molecule has 2 nitrogen and oxygen atoms in total. The molecular weight excluding hydrogens is 208 g/mol. The van der Waals surface area contributed by atoms with Gasteiger partial charge >= 0.3 is 0 Å². The van der Waals surface area contributed by atoms with E-state index in [0.29, 0.717) is 12.0 Å². The lowest BCUT2D eigenvalue weighted by Gasteiger charge is -2.25. The lowest BCUT2D eigenvalue weighted by molar-refractivity contribution is 0.276. The fourth-order valence-electron chi connectivity index (χ4n) is 1.90. The van der Waals surface area contributed by atoms with Crippen molar-refractivity contribution in [3.05, 3.63) is 35.9 Å². The second-order valence-electron chi connectivity index (χ2n) is 5.05. The molecule has 0 spiro atoms. The summed E-state index contributed by atoms with van der Waals surface area (Å²) in [5.41, 5.74) is 7.56. The minimum Gasteiger partial charge on any atom is -0.326 e. The Morgan fingerprint density at radius 3 is 2.47 bits per heavy atom. The van der Waals surface area contributed by atoms with Crippen LogP contribution in [0.1, 0.15) is 25.8 Å². The van der Waals surface area contributed by atoms with Gasteiger partial charge in [0.25, 0.3) is 0 Å². The van der Waals surface area contributed by atoms with Crippen molar-refractivity contribution in [1.82, 2.24) is 4.90 Å². The van der Waals surface area contributed by atoms with Crippen LogP contribution < -0.4 is 5.73 Å². The highest BCUT2D eigenvalue weighted by molar-refractivity contribution is 5.14. The van der Waals surface area contributed by atoms with Crippen LogP contribution in [0.2, 0.25) is 0 Å². The van der Waals surface area contributed by atoms with Gasteiger partial charge in [-0.2, -0.15) is 0 Å². The summed E-state index contributed by atoms with van der Waals surface area (Å²) in [5, 5.41) is 0. The van der Waals surface area contributed by atoms with E-state index in [0.717, 1.165) is 25.9 Å². The summed E-state index contributed by atoms with van der Waals surface area (Å²) in [4.78, 5) is 2.34. The summed E-state index contributed by atoms with van der Waals surface area (Å²) >= 11 is 0. The summed E-state index contributed by atoms with van der Waals surface area (Å²) < 4.78 is 0. The van der Waals surface area contributed by atoms with E-state index in [1.165, 1.54) is 5.56 Å². The van der Waals surface area contributed by atoms with Gasteiger partial charge in [0.1, 0.15) is 0 Å². The van der Waals surface area contributed by atoms with Crippen LogP contribution in [0.5, 0.6) is 0 Å². The Balaban J connectivity index is 2.28. The Hall–Kier alpha value is -0.860. The van der Waals surface area contributed by atoms with Crippen molar-refractivity contribution in [2.45, 2.75) is 32.7 Å². The van der Waals surface area contributed by atoms with Gasteiger partial charge in [-0.25, -0.2) is 0 Å². The zero-order valence-corrected chi connectivity index (χ0v) is 11.4. The summed E-state index contributed by atoms with van der Waals surface area (Å²) in [6, 6.07) is 10.9. The maximum atomic E-state index is 6.16. The van der Waals surface area contributed by atoms with Gasteiger partial charge in [-0.05, 0) is 24.9 Å². The van der Waals surface area contributed by atoms with Gasteiger partial charge in [0.2, 0.25) is 0 Å². The predicted octanol–water partition coefficient (Wildman–Crippen LogP) is 2.53. The molecule has 1 aromatic rings. The maximum absolute atomic E-state index is 6.16. The molecule has 17 heavy (non-hydrogen) atoms. The molecule has 96 valence electrons. The van der Waals surface area contributed by atoms with Crippen LogP contribution in [0, 0.1) is 5.92 Å². The van der Waals surface area contributed by atoms with E-state index in [1.807, 2.05) is 0 Å². The standard InChI is InChI=1S/C15H26N2/c1-4-13(2)15(16)12-17(3)11-10-14-8-6-5-7-9-14/h5-9,13,15H,4,10-12,16H2,1-3H3/t13-,15-/m1/s1. The Morgan fingerprint density at radius 1 is 1.24 bits per heavy atom. The first-order chi connectivity index (χ1) is 8.13. The lowest BCUT2D eigenvalue weighted by Crippen LogP contribution is -2.40. The maximum Gasteiger partial charge on any atom is 0.0193 e. The Morgan fingerprint density at radius 2 is 1.88 bits per heavy atom. The second kappa shape index (κ2) is 7.46. The molecule has 2 atom stereocenters. The molecule has 0 aliphatic heterocycles. The smallest absolute Gasteiger partial charge is 0.0193 e. The van der Waals surface area contributed by atoms with Gasteiger partial charge in [-0.15, -0.1) is 0 Å². The van der Waals surface area contributed by atoms with Gasteiger partial charge in [0.15, 0.2) is 0 Å². The first-order valence-corrected chi connectivity index (χ1v) is 6.61. The molecule has 2 N–H and O–H groups in total. The summed E-state index contributed by atoms with van der Waals surface area (Å²) in [7, 11) is 2.16. The van der Waals surface area contributed by atoms with Crippen molar-refractivity contribution in [1.29, 1.82) is 0 Å². The number of hydrogen-bond donors (Lipinski definition) is 1. The molecule has 0 aromatic heterocycles. The van der Waals surface area contributed by atoms with E-state index >= 15 is 0 Å². The number of hydrogen-bond acceptors (Lipinski definition) is 2. The second-order valence-corrected chi connectivity index (χ2v) is 5.05. The van der Waals surface area contributed by atoms with Crippen LogP contribution in [0.25, 0.3) is 0 Å². The molecule has 2 heteroatoms. The third-order valence-electron chi connectivity index (χ3n) is 3.52. The average Bonchev–Trinajstić information content (AvgIpc) is 2.36. The first kappa shape index (κ1) is 14.2. The SMILES string of the molecule is CC[C@@H](C)[C@H](N)CN(C)CCc1ccccc1. The van der Waals surface area contributed by atoms with E-state index in [2.05, 4.69) is 56.1 Å². The van der Waals surface area contributed by atoms with Crippen LogP contribution in [-0.4, -0.2) is 31.1 Å². The molecule has 0 saturated carbocycles. The van der Waals surface area contributed by atoms with Crippen LogP contribution >= 0.6 is 0 Å². The molecule has 0 heterocycles. The normalized spacial score (nSPS) is 14.9. The van der Waals surface area contributed by atoms with Crippen LogP contribution in [0.3, 0.4) is 0 Å². The Bertz CT molecular complexity index is 297. The first-order valence-electron chi connectivity index (χ1n) is 6.61. The van der Waals surface area contributed by atoms with Gasteiger partial charge in [-0.3, -0.25) is 0 Å². The van der Waals surface area contributed by atoms with Crippen molar-refractivity contribution < 1.29 is 0 Å². The fraction of sp³-hybridized carbons (Fsp3) is 0.600. The van der Waals surface area contributed by atoms with E-state index in [1.54, 1.807) is 0 Å². The van der Waals surface area contributed by atoms with Crippen LogP contribution in [0.4, 0.5) is 0 Å². The molecule has 0 aliphatic carbocycles. The minimum atomic E-state index is 0.292. The van der Waals surface area contributed by atoms with Crippen molar-refractivity contribution in [2.24, 2.45) is 11.7 Å². The van der Waals surface area contributed by atoms with Crippen molar-refractivity contribution in [3.63, 3.8) is 0 Å². The number of nitrogens with two attached hydrogens (primary N) is 1. The highest BCUT2D eigenvalue weighted by Crippen LogP contribution is 2.07. The Labute approximate surface area is 106 Å². The third kappa shape index (κ3) is 5.33. The number of rotatable bonds is 7. The number of nitrogens with zero attached hydrogens (tertiary/aromatic N) is 1. The minimum absolute atomic E-state index is 0.292. The number of benzene rings is 1. The van der Waals surface area contributed by atoms with E-state index in [9.17, 15) is 0 Å². The zero-order valence-electron chi connectivity index (χ0n) is 11.4. The third-order valence-corrected chi connectivity index (χ3v) is 3.52. The monoisotopic (exact) mass is 234 g/mol. The summed E-state index contributed by atoms with van der Waals surface area (Å²) in [6.45, 7) is 6.50. The van der Waals surface area contributed by atoms with E-state index in [-0.39, 0.29) is 0 Å². The molecular formula is C15H26N2. The topological polar surface area (TPSA) is 29.3 Å². The van der Waals surface area contributed by atoms with Gasteiger partial charge < -0.3 is 10.6 Å². The quantitative estimate of drug-likeness (QED) is 0.785. The predicted molar refractivity (Wildman–Crippen MR) is 75.1 cm³/mol. The molecule has 0 fully saturated rings. The largest absolute Gasteiger partial charge is 0.326 e. The number of likely N-dealkylation sites (N-methyl/N-ethyl adjacent to an activating group) is 1. The molecule has 1 rings (SSSR count). The Kier molecular flexibility index (Phi) is 6.23. The van der Waals surface area contributed by atoms with Gasteiger partial charge in [-0.1, -0.05) is 50.6 Å². The molecule has 0 bridgehead atoms. The van der Waals surface area contributed by atoms with Crippen LogP contribution in [-0.2, 0) is 6.42 Å². The average molecular weight is 234 g/mol. The molecule has 0 aliphatic rings. The lowest BCUT2D eigenvalue weighted by atomic mass is 10.00. The molecule has 0 saturated heterocycles. The summed E-state index contributed by atoms with van der Waals surface area (Å²) in [5.74, 6) is 0.606.